The Hall–Kier alpha value is -2.78. The van der Waals surface area contributed by atoms with Crippen molar-refractivity contribution in [2.24, 2.45) is 0 Å². The second kappa shape index (κ2) is 8.71. The molecule has 0 aliphatic carbocycles. The van der Waals surface area contributed by atoms with Gasteiger partial charge in [-0.25, -0.2) is 0 Å². The van der Waals surface area contributed by atoms with Crippen LogP contribution in [0.3, 0.4) is 0 Å². The second-order valence-electron chi connectivity index (χ2n) is 7.39. The molecular formula is C26H26O2S. The summed E-state index contributed by atoms with van der Waals surface area (Å²) in [4.78, 5) is 14.3. The fourth-order valence-electron chi connectivity index (χ4n) is 3.72. The third-order valence-corrected chi connectivity index (χ3v) is 6.16. The number of aromatic hydroxyl groups is 1. The quantitative estimate of drug-likeness (QED) is 0.286. The molecule has 0 unspecified atom stereocenters. The van der Waals surface area contributed by atoms with Crippen molar-refractivity contribution in [2.75, 3.05) is 6.26 Å². The van der Waals surface area contributed by atoms with Gasteiger partial charge in [0.15, 0.2) is 5.78 Å². The molecule has 0 amide bonds. The molecule has 0 heterocycles. The standard InChI is InChI=1S/C26H26O2S/c1-16-12-20(13-17(2)25(16)28)10-11-24(27)23-9-7-6-8-22(23)21-14-18(3)26(29-5)19(4)15-21/h6-15,28H,1-5H3. The van der Waals surface area contributed by atoms with Gasteiger partial charge in [-0.3, -0.25) is 4.79 Å². The Kier molecular flexibility index (Phi) is 6.29. The van der Waals surface area contributed by atoms with Crippen LogP contribution in [0.15, 0.2) is 59.5 Å². The van der Waals surface area contributed by atoms with Crippen molar-refractivity contribution in [2.45, 2.75) is 32.6 Å². The highest BCUT2D eigenvalue weighted by molar-refractivity contribution is 7.98. The van der Waals surface area contributed by atoms with Crippen LogP contribution in [-0.2, 0) is 0 Å². The number of phenols is 1. The summed E-state index contributed by atoms with van der Waals surface area (Å²) >= 11 is 1.75. The molecule has 2 nitrogen and oxygen atoms in total. The molecule has 0 atom stereocenters. The van der Waals surface area contributed by atoms with Gasteiger partial charge in [0.25, 0.3) is 0 Å². The minimum Gasteiger partial charge on any atom is -0.507 e. The first-order valence-corrected chi connectivity index (χ1v) is 10.8. The fraction of sp³-hybridized carbons (Fsp3) is 0.192. The molecule has 0 spiro atoms. The average molecular weight is 403 g/mol. The van der Waals surface area contributed by atoms with Crippen molar-refractivity contribution < 1.29 is 9.90 Å². The Balaban J connectivity index is 1.98. The van der Waals surface area contributed by atoms with Gasteiger partial charge in [-0.1, -0.05) is 42.5 Å². The van der Waals surface area contributed by atoms with Crippen molar-refractivity contribution in [3.8, 4) is 16.9 Å². The second-order valence-corrected chi connectivity index (χ2v) is 8.21. The Morgan fingerprint density at radius 1 is 0.897 bits per heavy atom. The van der Waals surface area contributed by atoms with Gasteiger partial charge < -0.3 is 5.11 Å². The van der Waals surface area contributed by atoms with Gasteiger partial charge in [-0.2, -0.15) is 0 Å². The lowest BCUT2D eigenvalue weighted by molar-refractivity contribution is 0.104. The Bertz CT molecular complexity index is 1060. The van der Waals surface area contributed by atoms with E-state index in [2.05, 4.69) is 32.2 Å². The number of allylic oxidation sites excluding steroid dienone is 1. The number of carbonyl (C=O) groups is 1. The van der Waals surface area contributed by atoms with Gasteiger partial charge in [-0.05, 0) is 91.1 Å². The molecule has 0 aliphatic heterocycles. The molecule has 1 N–H and O–H groups in total. The van der Waals surface area contributed by atoms with Gasteiger partial charge in [0.05, 0.1) is 0 Å². The molecule has 3 aromatic carbocycles. The van der Waals surface area contributed by atoms with Crippen LogP contribution in [0.25, 0.3) is 17.2 Å². The molecule has 148 valence electrons. The number of thioether (sulfide) groups is 1. The topological polar surface area (TPSA) is 37.3 Å². The largest absolute Gasteiger partial charge is 0.507 e. The fourth-order valence-corrected chi connectivity index (χ4v) is 4.49. The van der Waals surface area contributed by atoms with Crippen LogP contribution in [-0.4, -0.2) is 17.1 Å². The normalized spacial score (nSPS) is 11.2. The van der Waals surface area contributed by atoms with Crippen molar-refractivity contribution >= 4 is 23.6 Å². The van der Waals surface area contributed by atoms with Crippen molar-refractivity contribution in [1.29, 1.82) is 0 Å². The lowest BCUT2D eigenvalue weighted by Crippen LogP contribution is -1.99. The van der Waals surface area contributed by atoms with Gasteiger partial charge >= 0.3 is 0 Å². The predicted molar refractivity (Wildman–Crippen MR) is 124 cm³/mol. The molecule has 0 aromatic heterocycles. The molecule has 0 saturated heterocycles. The molecule has 0 bridgehead atoms. The Morgan fingerprint density at radius 2 is 1.48 bits per heavy atom. The number of benzene rings is 3. The molecule has 0 fully saturated rings. The summed E-state index contributed by atoms with van der Waals surface area (Å²) in [6.45, 7) is 7.95. The lowest BCUT2D eigenvalue weighted by Gasteiger charge is -2.13. The van der Waals surface area contributed by atoms with Crippen molar-refractivity contribution in [3.05, 3.63) is 88.0 Å². The van der Waals surface area contributed by atoms with Crippen LogP contribution in [0.4, 0.5) is 0 Å². The molecule has 3 rings (SSSR count). The number of carbonyl (C=O) groups excluding carboxylic acids is 1. The smallest absolute Gasteiger partial charge is 0.186 e. The average Bonchev–Trinajstić information content (AvgIpc) is 2.69. The third kappa shape index (κ3) is 4.46. The molecule has 3 heteroatoms. The maximum absolute atomic E-state index is 13.0. The Morgan fingerprint density at radius 3 is 2.07 bits per heavy atom. The predicted octanol–water partition coefficient (Wildman–Crippen LogP) is 6.91. The summed E-state index contributed by atoms with van der Waals surface area (Å²) in [6.07, 6.45) is 5.51. The van der Waals surface area contributed by atoms with Crippen molar-refractivity contribution in [3.63, 3.8) is 0 Å². The van der Waals surface area contributed by atoms with Crippen LogP contribution in [0.5, 0.6) is 5.75 Å². The van der Waals surface area contributed by atoms with Crippen molar-refractivity contribution in [1.82, 2.24) is 0 Å². The summed E-state index contributed by atoms with van der Waals surface area (Å²) in [7, 11) is 0. The summed E-state index contributed by atoms with van der Waals surface area (Å²) in [6, 6.07) is 15.8. The Labute approximate surface area is 177 Å². The first-order valence-electron chi connectivity index (χ1n) is 9.59. The maximum Gasteiger partial charge on any atom is 0.186 e. The van der Waals surface area contributed by atoms with Gasteiger partial charge in [0, 0.05) is 10.5 Å². The molecule has 0 saturated carbocycles. The van der Waals surface area contributed by atoms with E-state index in [1.807, 2.05) is 56.3 Å². The van der Waals surface area contributed by atoms with Gasteiger partial charge in [-0.15, -0.1) is 11.8 Å². The van der Waals surface area contributed by atoms with E-state index >= 15 is 0 Å². The zero-order valence-electron chi connectivity index (χ0n) is 17.5. The summed E-state index contributed by atoms with van der Waals surface area (Å²) in [5, 5.41) is 9.94. The van der Waals surface area contributed by atoms with Crippen LogP contribution >= 0.6 is 11.8 Å². The van der Waals surface area contributed by atoms with Crippen LogP contribution in [0, 0.1) is 27.7 Å². The van der Waals surface area contributed by atoms with E-state index in [-0.39, 0.29) is 5.78 Å². The van der Waals surface area contributed by atoms with Crippen LogP contribution < -0.4 is 0 Å². The monoisotopic (exact) mass is 402 g/mol. The van der Waals surface area contributed by atoms with E-state index in [4.69, 9.17) is 0 Å². The summed E-state index contributed by atoms with van der Waals surface area (Å²) in [5.74, 6) is 0.270. The summed E-state index contributed by atoms with van der Waals surface area (Å²) in [5.41, 5.74) is 7.65. The van der Waals surface area contributed by atoms with Gasteiger partial charge in [0.2, 0.25) is 0 Å². The number of rotatable bonds is 5. The molecule has 3 aromatic rings. The molecule has 0 aliphatic rings. The first-order chi connectivity index (χ1) is 13.8. The molecular weight excluding hydrogens is 376 g/mol. The van der Waals surface area contributed by atoms with E-state index in [0.29, 0.717) is 11.3 Å². The van der Waals surface area contributed by atoms with E-state index < -0.39 is 0 Å². The van der Waals surface area contributed by atoms with E-state index in [1.54, 1.807) is 17.8 Å². The number of phenolic OH excluding ortho intramolecular Hbond substituents is 1. The number of hydrogen-bond acceptors (Lipinski definition) is 3. The van der Waals surface area contributed by atoms with E-state index in [9.17, 15) is 9.90 Å². The van der Waals surface area contributed by atoms with Gasteiger partial charge in [0.1, 0.15) is 5.75 Å². The zero-order valence-corrected chi connectivity index (χ0v) is 18.4. The third-order valence-electron chi connectivity index (χ3n) is 5.11. The SMILES string of the molecule is CSc1c(C)cc(-c2ccccc2C(=O)C=Cc2cc(C)c(O)c(C)c2)cc1C. The van der Waals surface area contributed by atoms with E-state index in [1.165, 1.54) is 16.0 Å². The first kappa shape index (κ1) is 20.9. The van der Waals surface area contributed by atoms with Crippen LogP contribution in [0.2, 0.25) is 0 Å². The minimum atomic E-state index is -0.0340. The number of ketones is 1. The zero-order chi connectivity index (χ0) is 21.1. The highest BCUT2D eigenvalue weighted by Crippen LogP contribution is 2.32. The lowest BCUT2D eigenvalue weighted by atomic mass is 9.94. The number of aryl methyl sites for hydroxylation is 4. The maximum atomic E-state index is 13.0. The molecule has 0 radical (unpaired) electrons. The van der Waals surface area contributed by atoms with E-state index in [0.717, 1.165) is 27.8 Å². The van der Waals surface area contributed by atoms with Crippen LogP contribution in [0.1, 0.15) is 38.2 Å². The highest BCUT2D eigenvalue weighted by atomic mass is 32.2. The molecule has 29 heavy (non-hydrogen) atoms. The number of hydrogen-bond donors (Lipinski definition) is 1. The summed E-state index contributed by atoms with van der Waals surface area (Å²) < 4.78 is 0. The minimum absolute atomic E-state index is 0.0340. The highest BCUT2D eigenvalue weighted by Gasteiger charge is 2.13.